The van der Waals surface area contributed by atoms with Crippen LogP contribution in [-0.4, -0.2) is 11.5 Å². The standard InChI is InChI=1S/C16H15F2N/c17-16(18)11-15(16,19)14(12-7-3-1-4-8-12)13-9-5-2-6-10-13/h1-10,14H,11,19H2. The van der Waals surface area contributed by atoms with Gasteiger partial charge in [-0.15, -0.1) is 0 Å². The predicted octanol–water partition coefficient (Wildman–Crippen LogP) is 3.56. The molecule has 0 spiro atoms. The molecule has 1 nitrogen and oxygen atoms in total. The SMILES string of the molecule is NC1(C(c2ccccc2)c2ccccc2)CC1(F)F. The topological polar surface area (TPSA) is 26.0 Å². The normalized spacial score (nSPS) is 24.4. The van der Waals surface area contributed by atoms with Crippen LogP contribution >= 0.6 is 0 Å². The summed E-state index contributed by atoms with van der Waals surface area (Å²) >= 11 is 0. The van der Waals surface area contributed by atoms with E-state index in [4.69, 9.17) is 5.73 Å². The monoisotopic (exact) mass is 259 g/mol. The van der Waals surface area contributed by atoms with Crippen LogP contribution in [-0.2, 0) is 0 Å². The molecule has 2 aromatic rings. The van der Waals surface area contributed by atoms with E-state index in [0.717, 1.165) is 11.1 Å². The lowest BCUT2D eigenvalue weighted by atomic mass is 9.83. The Labute approximate surface area is 111 Å². The highest BCUT2D eigenvalue weighted by molar-refractivity contribution is 5.42. The summed E-state index contributed by atoms with van der Waals surface area (Å²) in [5.74, 6) is -3.26. The van der Waals surface area contributed by atoms with Crippen molar-refractivity contribution < 1.29 is 8.78 Å². The molecule has 0 aliphatic heterocycles. The van der Waals surface area contributed by atoms with Gasteiger partial charge < -0.3 is 5.73 Å². The number of nitrogens with two attached hydrogens (primary N) is 1. The van der Waals surface area contributed by atoms with Crippen molar-refractivity contribution >= 4 is 0 Å². The Morgan fingerprint density at radius 2 is 1.21 bits per heavy atom. The highest BCUT2D eigenvalue weighted by Gasteiger charge is 2.72. The smallest absolute Gasteiger partial charge is 0.268 e. The van der Waals surface area contributed by atoms with Crippen LogP contribution in [0.3, 0.4) is 0 Å². The van der Waals surface area contributed by atoms with Gasteiger partial charge in [0, 0.05) is 12.3 Å². The molecule has 0 amide bonds. The molecule has 19 heavy (non-hydrogen) atoms. The van der Waals surface area contributed by atoms with Gasteiger partial charge >= 0.3 is 0 Å². The van der Waals surface area contributed by atoms with Gasteiger partial charge in [0.2, 0.25) is 0 Å². The van der Waals surface area contributed by atoms with Gasteiger partial charge in [0.05, 0.1) is 5.54 Å². The predicted molar refractivity (Wildman–Crippen MR) is 71.2 cm³/mol. The molecule has 0 radical (unpaired) electrons. The van der Waals surface area contributed by atoms with Gasteiger partial charge in [-0.1, -0.05) is 60.7 Å². The molecule has 0 aromatic heterocycles. The Kier molecular flexibility index (Phi) is 2.68. The van der Waals surface area contributed by atoms with Crippen LogP contribution in [0, 0.1) is 0 Å². The van der Waals surface area contributed by atoms with E-state index in [-0.39, 0.29) is 6.42 Å². The summed E-state index contributed by atoms with van der Waals surface area (Å²) in [6, 6.07) is 18.6. The first-order valence-corrected chi connectivity index (χ1v) is 6.31. The lowest BCUT2D eigenvalue weighted by molar-refractivity contribution is 0.0852. The highest BCUT2D eigenvalue weighted by atomic mass is 19.3. The fourth-order valence-corrected chi connectivity index (χ4v) is 2.71. The fraction of sp³-hybridized carbons (Fsp3) is 0.250. The average molecular weight is 259 g/mol. The zero-order chi connectivity index (χ0) is 13.5. The second-order valence-corrected chi connectivity index (χ2v) is 5.18. The van der Waals surface area contributed by atoms with Crippen molar-refractivity contribution in [2.45, 2.75) is 23.8 Å². The molecule has 98 valence electrons. The second kappa shape index (κ2) is 4.14. The van der Waals surface area contributed by atoms with Gasteiger partial charge in [0.1, 0.15) is 0 Å². The van der Waals surface area contributed by atoms with E-state index in [1.165, 1.54) is 0 Å². The molecule has 2 aromatic carbocycles. The molecule has 3 rings (SSSR count). The maximum absolute atomic E-state index is 13.7. The molecule has 2 N–H and O–H groups in total. The van der Waals surface area contributed by atoms with Crippen LogP contribution < -0.4 is 5.73 Å². The van der Waals surface area contributed by atoms with Gasteiger partial charge in [-0.05, 0) is 11.1 Å². The first-order valence-electron chi connectivity index (χ1n) is 6.31. The number of rotatable bonds is 3. The second-order valence-electron chi connectivity index (χ2n) is 5.18. The van der Waals surface area contributed by atoms with E-state index in [2.05, 4.69) is 0 Å². The van der Waals surface area contributed by atoms with E-state index in [9.17, 15) is 8.78 Å². The van der Waals surface area contributed by atoms with E-state index < -0.39 is 17.4 Å². The minimum Gasteiger partial charge on any atom is -0.319 e. The summed E-state index contributed by atoms with van der Waals surface area (Å²) in [5, 5.41) is 0. The fourth-order valence-electron chi connectivity index (χ4n) is 2.71. The quantitative estimate of drug-likeness (QED) is 0.896. The van der Waals surface area contributed by atoms with Gasteiger partial charge in [0.15, 0.2) is 0 Å². The van der Waals surface area contributed by atoms with Crippen LogP contribution in [0.5, 0.6) is 0 Å². The molecule has 1 aliphatic rings. The molecule has 0 bridgehead atoms. The Morgan fingerprint density at radius 1 is 0.842 bits per heavy atom. The minimum atomic E-state index is -2.79. The van der Waals surface area contributed by atoms with Gasteiger partial charge in [-0.3, -0.25) is 0 Å². The lowest BCUT2D eigenvalue weighted by Gasteiger charge is -2.25. The molecular weight excluding hydrogens is 244 g/mol. The van der Waals surface area contributed by atoms with Crippen molar-refractivity contribution in [2.24, 2.45) is 5.73 Å². The van der Waals surface area contributed by atoms with Crippen molar-refractivity contribution in [2.75, 3.05) is 0 Å². The first kappa shape index (κ1) is 12.3. The summed E-state index contributed by atoms with van der Waals surface area (Å²) in [6.07, 6.45) is -0.256. The molecule has 0 heterocycles. The Hall–Kier alpha value is -1.74. The average Bonchev–Trinajstić information content (AvgIpc) is 2.91. The van der Waals surface area contributed by atoms with Crippen molar-refractivity contribution in [1.82, 2.24) is 0 Å². The number of halogens is 2. The first-order chi connectivity index (χ1) is 9.05. The number of benzene rings is 2. The van der Waals surface area contributed by atoms with Crippen LogP contribution in [0.25, 0.3) is 0 Å². The number of hydrogen-bond acceptors (Lipinski definition) is 1. The lowest BCUT2D eigenvalue weighted by Crippen LogP contribution is -2.37. The molecule has 1 unspecified atom stereocenters. The molecule has 1 saturated carbocycles. The van der Waals surface area contributed by atoms with Crippen LogP contribution in [0.2, 0.25) is 0 Å². The minimum absolute atomic E-state index is 0.256. The maximum Gasteiger partial charge on any atom is 0.268 e. The molecule has 0 saturated heterocycles. The van der Waals surface area contributed by atoms with Gasteiger partial charge in [-0.25, -0.2) is 8.78 Å². The Bertz CT molecular complexity index is 528. The van der Waals surface area contributed by atoms with Crippen molar-refractivity contribution in [3.8, 4) is 0 Å². The van der Waals surface area contributed by atoms with Crippen LogP contribution in [0.4, 0.5) is 8.78 Å². The summed E-state index contributed by atoms with van der Waals surface area (Å²) < 4.78 is 27.4. The third kappa shape index (κ3) is 1.94. The van der Waals surface area contributed by atoms with Crippen molar-refractivity contribution in [3.05, 3.63) is 71.8 Å². The summed E-state index contributed by atoms with van der Waals surface area (Å²) in [4.78, 5) is 0. The number of hydrogen-bond donors (Lipinski definition) is 1. The maximum atomic E-state index is 13.7. The molecule has 1 aliphatic carbocycles. The zero-order valence-electron chi connectivity index (χ0n) is 10.4. The Morgan fingerprint density at radius 3 is 1.53 bits per heavy atom. The Balaban J connectivity index is 2.08. The summed E-state index contributed by atoms with van der Waals surface area (Å²) in [5.41, 5.74) is 6.20. The molecular formula is C16H15F2N. The zero-order valence-corrected chi connectivity index (χ0v) is 10.4. The van der Waals surface area contributed by atoms with Crippen LogP contribution in [0.15, 0.2) is 60.7 Å². The van der Waals surface area contributed by atoms with Gasteiger partial charge in [0.25, 0.3) is 5.92 Å². The van der Waals surface area contributed by atoms with Crippen LogP contribution in [0.1, 0.15) is 23.5 Å². The van der Waals surface area contributed by atoms with Crippen molar-refractivity contribution in [3.63, 3.8) is 0 Å². The highest BCUT2D eigenvalue weighted by Crippen LogP contribution is 2.59. The van der Waals surface area contributed by atoms with E-state index in [0.29, 0.717) is 0 Å². The third-order valence-electron chi connectivity index (χ3n) is 3.85. The molecule has 3 heteroatoms. The number of alkyl halides is 2. The largest absolute Gasteiger partial charge is 0.319 e. The van der Waals surface area contributed by atoms with E-state index in [1.807, 2.05) is 60.7 Å². The summed E-state index contributed by atoms with van der Waals surface area (Å²) in [6.45, 7) is 0. The molecule has 1 atom stereocenters. The summed E-state index contributed by atoms with van der Waals surface area (Å²) in [7, 11) is 0. The van der Waals surface area contributed by atoms with Crippen molar-refractivity contribution in [1.29, 1.82) is 0 Å². The van der Waals surface area contributed by atoms with E-state index >= 15 is 0 Å². The van der Waals surface area contributed by atoms with E-state index in [1.54, 1.807) is 0 Å². The van der Waals surface area contributed by atoms with Gasteiger partial charge in [-0.2, -0.15) is 0 Å². The molecule has 1 fully saturated rings. The third-order valence-corrected chi connectivity index (χ3v) is 3.85.